The number of anilines is 2. The van der Waals surface area contributed by atoms with Crippen molar-refractivity contribution in [3.05, 3.63) is 59.2 Å². The predicted octanol–water partition coefficient (Wildman–Crippen LogP) is 2.11. The molecule has 0 unspecified atom stereocenters. The van der Waals surface area contributed by atoms with Gasteiger partial charge in [0.2, 0.25) is 10.0 Å². The molecule has 1 aliphatic heterocycles. The van der Waals surface area contributed by atoms with Crippen LogP contribution in [0.4, 0.5) is 11.4 Å². The van der Waals surface area contributed by atoms with Crippen molar-refractivity contribution < 1.29 is 22.7 Å². The maximum absolute atomic E-state index is 12.2. The van der Waals surface area contributed by atoms with Gasteiger partial charge in [-0.1, -0.05) is 17.7 Å². The monoisotopic (exact) mass is 388 g/mol. The second-order valence-electron chi connectivity index (χ2n) is 6.42. The molecule has 1 amide bonds. The molecule has 0 bridgehead atoms. The third kappa shape index (κ3) is 4.46. The van der Waals surface area contributed by atoms with E-state index in [-0.39, 0.29) is 5.56 Å². The zero-order valence-corrected chi connectivity index (χ0v) is 15.9. The van der Waals surface area contributed by atoms with Crippen molar-refractivity contribution in [3.63, 3.8) is 0 Å². The quantitative estimate of drug-likeness (QED) is 0.792. The van der Waals surface area contributed by atoms with Gasteiger partial charge in [-0.05, 0) is 49.2 Å². The Morgan fingerprint density at radius 3 is 2.52 bits per heavy atom. The minimum Gasteiger partial charge on any atom is -0.452 e. The Bertz CT molecular complexity index is 984. The van der Waals surface area contributed by atoms with E-state index in [1.807, 2.05) is 19.1 Å². The predicted molar refractivity (Wildman–Crippen MR) is 102 cm³/mol. The van der Waals surface area contributed by atoms with Gasteiger partial charge in [0.1, 0.15) is 0 Å². The normalized spacial score (nSPS) is 13.2. The third-order valence-electron chi connectivity index (χ3n) is 4.24. The van der Waals surface area contributed by atoms with Crippen LogP contribution in [0.15, 0.2) is 42.5 Å². The number of rotatable bonds is 5. The van der Waals surface area contributed by atoms with Crippen LogP contribution in [0.2, 0.25) is 0 Å². The average molecular weight is 388 g/mol. The van der Waals surface area contributed by atoms with Gasteiger partial charge >= 0.3 is 5.97 Å². The fourth-order valence-electron chi connectivity index (χ4n) is 2.89. The first kappa shape index (κ1) is 18.9. The van der Waals surface area contributed by atoms with Crippen molar-refractivity contribution in [2.45, 2.75) is 13.3 Å². The van der Waals surface area contributed by atoms with Crippen molar-refractivity contribution in [1.29, 1.82) is 0 Å². The van der Waals surface area contributed by atoms with Crippen LogP contribution in [-0.4, -0.2) is 39.7 Å². The topological polar surface area (TPSA) is 92.8 Å². The summed E-state index contributed by atoms with van der Waals surface area (Å²) in [5, 5.41) is 2.65. The van der Waals surface area contributed by atoms with Crippen molar-refractivity contribution >= 4 is 33.3 Å². The van der Waals surface area contributed by atoms with E-state index >= 15 is 0 Å². The number of sulfonamides is 1. The summed E-state index contributed by atoms with van der Waals surface area (Å²) in [7, 11) is -3.34. The van der Waals surface area contributed by atoms with Gasteiger partial charge in [0, 0.05) is 12.2 Å². The Morgan fingerprint density at radius 1 is 1.15 bits per heavy atom. The lowest BCUT2D eigenvalue weighted by Gasteiger charge is -2.16. The second kappa shape index (κ2) is 7.40. The van der Waals surface area contributed by atoms with Crippen LogP contribution in [0, 0.1) is 6.92 Å². The minimum absolute atomic E-state index is 0.284. The fourth-order valence-corrected chi connectivity index (χ4v) is 3.85. The van der Waals surface area contributed by atoms with Gasteiger partial charge in [-0.2, -0.15) is 0 Å². The highest BCUT2D eigenvalue weighted by Crippen LogP contribution is 2.30. The lowest BCUT2D eigenvalue weighted by molar-refractivity contribution is -0.119. The average Bonchev–Trinajstić information content (AvgIpc) is 3.05. The smallest absolute Gasteiger partial charge is 0.338 e. The highest BCUT2D eigenvalue weighted by molar-refractivity contribution is 7.92. The van der Waals surface area contributed by atoms with Crippen molar-refractivity contribution in [3.8, 4) is 0 Å². The molecule has 1 heterocycles. The van der Waals surface area contributed by atoms with E-state index in [4.69, 9.17) is 4.74 Å². The standard InChI is InChI=1S/C19H20N2O5S/c1-13-3-6-16(7-4-13)20-18(22)12-26-19(23)15-5-8-17-14(11-15)9-10-21(17)27(2,24)25/h3-8,11H,9-10,12H2,1-2H3,(H,20,22). The van der Waals surface area contributed by atoms with Crippen LogP contribution in [0.1, 0.15) is 21.5 Å². The van der Waals surface area contributed by atoms with Crippen LogP contribution in [0.3, 0.4) is 0 Å². The van der Waals surface area contributed by atoms with E-state index in [0.29, 0.717) is 24.3 Å². The molecule has 1 N–H and O–H groups in total. The molecule has 0 radical (unpaired) electrons. The van der Waals surface area contributed by atoms with Crippen LogP contribution >= 0.6 is 0 Å². The lowest BCUT2D eigenvalue weighted by Crippen LogP contribution is -2.27. The van der Waals surface area contributed by atoms with Crippen molar-refractivity contribution in [2.24, 2.45) is 0 Å². The summed E-state index contributed by atoms with van der Waals surface area (Å²) in [4.78, 5) is 24.1. The Balaban J connectivity index is 1.60. The van der Waals surface area contributed by atoms with E-state index in [9.17, 15) is 18.0 Å². The van der Waals surface area contributed by atoms with E-state index < -0.39 is 28.5 Å². The molecule has 27 heavy (non-hydrogen) atoms. The molecule has 0 atom stereocenters. The molecule has 0 spiro atoms. The van der Waals surface area contributed by atoms with Gasteiger partial charge in [-0.3, -0.25) is 9.10 Å². The number of hydrogen-bond donors (Lipinski definition) is 1. The molecule has 0 saturated carbocycles. The Kier molecular flexibility index (Phi) is 5.18. The second-order valence-corrected chi connectivity index (χ2v) is 8.33. The van der Waals surface area contributed by atoms with Gasteiger partial charge in [0.25, 0.3) is 5.91 Å². The number of carbonyl (C=O) groups is 2. The number of nitrogens with one attached hydrogen (secondary N) is 1. The molecule has 1 aliphatic rings. The first-order valence-corrected chi connectivity index (χ1v) is 10.2. The zero-order chi connectivity index (χ0) is 19.6. The number of esters is 1. The molecular formula is C19H20N2O5S. The summed E-state index contributed by atoms with van der Waals surface area (Å²) >= 11 is 0. The zero-order valence-electron chi connectivity index (χ0n) is 15.1. The van der Waals surface area contributed by atoms with Crippen molar-refractivity contribution in [1.82, 2.24) is 0 Å². The number of nitrogens with zero attached hydrogens (tertiary/aromatic N) is 1. The fraction of sp³-hybridized carbons (Fsp3) is 0.263. The summed E-state index contributed by atoms with van der Waals surface area (Å²) < 4.78 is 29.9. The van der Waals surface area contributed by atoms with E-state index in [0.717, 1.165) is 17.4 Å². The maximum Gasteiger partial charge on any atom is 0.338 e. The van der Waals surface area contributed by atoms with E-state index in [1.54, 1.807) is 24.3 Å². The van der Waals surface area contributed by atoms with Gasteiger partial charge in [0.15, 0.2) is 6.61 Å². The molecule has 0 aliphatic carbocycles. The molecule has 0 fully saturated rings. The first-order chi connectivity index (χ1) is 12.7. The molecular weight excluding hydrogens is 368 g/mol. The largest absolute Gasteiger partial charge is 0.452 e. The van der Waals surface area contributed by atoms with Gasteiger partial charge in [-0.25, -0.2) is 13.2 Å². The molecule has 2 aromatic rings. The highest BCUT2D eigenvalue weighted by Gasteiger charge is 2.27. The van der Waals surface area contributed by atoms with Gasteiger partial charge in [0.05, 0.1) is 17.5 Å². The number of carbonyl (C=O) groups excluding carboxylic acids is 2. The molecule has 8 heteroatoms. The summed E-state index contributed by atoms with van der Waals surface area (Å²) in [5.74, 6) is -1.06. The van der Waals surface area contributed by atoms with Crippen LogP contribution < -0.4 is 9.62 Å². The third-order valence-corrected chi connectivity index (χ3v) is 5.42. The summed E-state index contributed by atoms with van der Waals surface area (Å²) in [6, 6.07) is 12.0. The Labute approximate surface area is 158 Å². The minimum atomic E-state index is -3.34. The molecule has 0 aromatic heterocycles. The number of hydrogen-bond acceptors (Lipinski definition) is 5. The van der Waals surface area contributed by atoms with Crippen LogP contribution in [-0.2, 0) is 26.0 Å². The van der Waals surface area contributed by atoms with Crippen LogP contribution in [0.25, 0.3) is 0 Å². The Morgan fingerprint density at radius 2 is 1.85 bits per heavy atom. The number of fused-ring (bicyclic) bond motifs is 1. The van der Waals surface area contributed by atoms with Crippen molar-refractivity contribution in [2.75, 3.05) is 29.0 Å². The summed E-state index contributed by atoms with van der Waals surface area (Å²) in [6.07, 6.45) is 1.67. The van der Waals surface area contributed by atoms with Gasteiger partial charge < -0.3 is 10.1 Å². The highest BCUT2D eigenvalue weighted by atomic mass is 32.2. The van der Waals surface area contributed by atoms with E-state index in [1.165, 1.54) is 10.4 Å². The first-order valence-electron chi connectivity index (χ1n) is 8.38. The number of amides is 1. The molecule has 7 nitrogen and oxygen atoms in total. The number of ether oxygens (including phenoxy) is 1. The maximum atomic E-state index is 12.2. The summed E-state index contributed by atoms with van der Waals surface area (Å²) in [6.45, 7) is 1.89. The van der Waals surface area contributed by atoms with Crippen LogP contribution in [0.5, 0.6) is 0 Å². The Hall–Kier alpha value is -2.87. The summed E-state index contributed by atoms with van der Waals surface area (Å²) in [5.41, 5.74) is 3.32. The molecule has 0 saturated heterocycles. The number of aryl methyl sites for hydroxylation is 1. The molecule has 2 aromatic carbocycles. The SMILES string of the molecule is Cc1ccc(NC(=O)COC(=O)c2ccc3c(c2)CCN3S(C)(=O)=O)cc1. The molecule has 142 valence electrons. The van der Waals surface area contributed by atoms with E-state index in [2.05, 4.69) is 5.32 Å². The van der Waals surface area contributed by atoms with Gasteiger partial charge in [-0.15, -0.1) is 0 Å². The lowest BCUT2D eigenvalue weighted by atomic mass is 10.1. The number of benzene rings is 2. The molecule has 3 rings (SSSR count).